The maximum absolute atomic E-state index is 10.9. The van der Waals surface area contributed by atoms with Crippen LogP contribution in [0.15, 0.2) is 24.4 Å². The predicted octanol–water partition coefficient (Wildman–Crippen LogP) is 4.60. The summed E-state index contributed by atoms with van der Waals surface area (Å²) in [6.07, 6.45) is 1.74. The van der Waals surface area contributed by atoms with E-state index in [0.29, 0.717) is 22.8 Å². The van der Waals surface area contributed by atoms with Crippen molar-refractivity contribution in [3.05, 3.63) is 56.8 Å². The monoisotopic (exact) mass is 350 g/mol. The van der Waals surface area contributed by atoms with Crippen molar-refractivity contribution in [2.45, 2.75) is 26.1 Å². The lowest BCUT2D eigenvalue weighted by Gasteiger charge is -2.11. The second-order valence-electron chi connectivity index (χ2n) is 4.86. The minimum absolute atomic E-state index is 0.0965. The summed E-state index contributed by atoms with van der Waals surface area (Å²) in [5.41, 5.74) is 3.35. The number of alkyl halides is 1. The van der Waals surface area contributed by atoms with Crippen LogP contribution in [0, 0.1) is 30.9 Å². The van der Waals surface area contributed by atoms with Crippen molar-refractivity contribution in [1.29, 1.82) is 0 Å². The fraction of sp³-hybridized carbons (Fsp3) is 0.267. The van der Waals surface area contributed by atoms with Crippen LogP contribution in [0.2, 0.25) is 0 Å². The normalized spacial score (nSPS) is 10.5. The highest BCUT2D eigenvalue weighted by Crippen LogP contribution is 2.31. The molecule has 5 nitrogen and oxygen atoms in total. The van der Waals surface area contributed by atoms with Gasteiger partial charge in [-0.05, 0) is 44.0 Å². The van der Waals surface area contributed by atoms with Crippen LogP contribution in [0.1, 0.15) is 22.3 Å². The maximum atomic E-state index is 10.9. The van der Waals surface area contributed by atoms with Crippen molar-refractivity contribution in [3.63, 3.8) is 0 Å². The Labute approximate surface area is 131 Å². The van der Waals surface area contributed by atoms with E-state index in [9.17, 15) is 10.1 Å². The van der Waals surface area contributed by atoms with E-state index in [0.717, 1.165) is 16.5 Å². The zero-order chi connectivity index (χ0) is 15.6. The van der Waals surface area contributed by atoms with Gasteiger partial charge in [0.15, 0.2) is 0 Å². The molecule has 1 aromatic heterocycles. The third-order valence-corrected chi connectivity index (χ3v) is 3.79. The van der Waals surface area contributed by atoms with Crippen molar-refractivity contribution < 1.29 is 9.66 Å². The highest BCUT2D eigenvalue weighted by molar-refractivity contribution is 9.08. The van der Waals surface area contributed by atoms with Crippen LogP contribution >= 0.6 is 15.9 Å². The Morgan fingerprint density at radius 1 is 1.19 bits per heavy atom. The van der Waals surface area contributed by atoms with Gasteiger partial charge < -0.3 is 4.74 Å². The molecule has 0 N–H and O–H groups in total. The number of nitro groups is 1. The van der Waals surface area contributed by atoms with Gasteiger partial charge in [0.25, 0.3) is 5.69 Å². The molecule has 6 heteroatoms. The summed E-state index contributed by atoms with van der Waals surface area (Å²) in [4.78, 5) is 14.8. The maximum Gasteiger partial charge on any atom is 0.272 e. The first kappa shape index (κ1) is 15.4. The molecular formula is C15H15BrN2O3. The van der Waals surface area contributed by atoms with E-state index in [-0.39, 0.29) is 10.6 Å². The van der Waals surface area contributed by atoms with Gasteiger partial charge >= 0.3 is 0 Å². The van der Waals surface area contributed by atoms with Crippen LogP contribution < -0.4 is 4.74 Å². The molecule has 0 atom stereocenters. The van der Waals surface area contributed by atoms with Crippen LogP contribution in [0.4, 0.5) is 5.69 Å². The Morgan fingerprint density at radius 3 is 2.48 bits per heavy atom. The van der Waals surface area contributed by atoms with Crippen molar-refractivity contribution in [3.8, 4) is 11.6 Å². The third kappa shape index (κ3) is 3.39. The van der Waals surface area contributed by atoms with E-state index in [1.54, 1.807) is 26.1 Å². The Kier molecular flexibility index (Phi) is 4.57. The first-order valence-corrected chi connectivity index (χ1v) is 7.49. The lowest BCUT2D eigenvalue weighted by Crippen LogP contribution is -1.97. The molecule has 0 saturated heterocycles. The van der Waals surface area contributed by atoms with E-state index in [2.05, 4.69) is 20.9 Å². The molecule has 0 aliphatic heterocycles. The summed E-state index contributed by atoms with van der Waals surface area (Å²) in [5.74, 6) is 1.09. The van der Waals surface area contributed by atoms with Gasteiger partial charge in [0.2, 0.25) is 5.88 Å². The summed E-state index contributed by atoms with van der Waals surface area (Å²) in [7, 11) is 0. The SMILES string of the molecule is Cc1cc([N+](=O)[O-])c(C)cc1Oc1ncc(CBr)cc1C. The van der Waals surface area contributed by atoms with Crippen LogP contribution in [0.25, 0.3) is 0 Å². The number of halogens is 1. The Bertz CT molecular complexity index is 702. The number of aromatic nitrogens is 1. The number of nitrogens with zero attached hydrogens (tertiary/aromatic N) is 2. The first-order chi connectivity index (χ1) is 9.92. The molecule has 0 spiro atoms. The lowest BCUT2D eigenvalue weighted by molar-refractivity contribution is -0.385. The molecule has 0 unspecified atom stereocenters. The first-order valence-electron chi connectivity index (χ1n) is 6.37. The standard InChI is InChI=1S/C15H15BrN2O3/c1-9-6-14(10(2)5-13(9)18(19)20)21-15-11(3)4-12(7-16)8-17-15/h4-6,8H,7H2,1-3H3. The fourth-order valence-corrected chi connectivity index (χ4v) is 2.29. The van der Waals surface area contributed by atoms with Crippen molar-refractivity contribution in [2.75, 3.05) is 0 Å². The summed E-state index contributed by atoms with van der Waals surface area (Å²) in [5, 5.41) is 11.6. The second kappa shape index (κ2) is 6.22. The predicted molar refractivity (Wildman–Crippen MR) is 84.2 cm³/mol. The summed E-state index contributed by atoms with van der Waals surface area (Å²) in [6, 6.07) is 5.19. The molecule has 21 heavy (non-hydrogen) atoms. The van der Waals surface area contributed by atoms with Gasteiger partial charge in [-0.2, -0.15) is 0 Å². The lowest BCUT2D eigenvalue weighted by atomic mass is 10.1. The van der Waals surface area contributed by atoms with Crippen LogP contribution in [-0.4, -0.2) is 9.91 Å². The van der Waals surface area contributed by atoms with Gasteiger partial charge in [0.1, 0.15) is 5.75 Å². The van der Waals surface area contributed by atoms with E-state index in [4.69, 9.17) is 4.74 Å². The number of nitro benzene ring substituents is 1. The molecule has 2 rings (SSSR count). The Hall–Kier alpha value is -1.95. The topological polar surface area (TPSA) is 65.3 Å². The minimum Gasteiger partial charge on any atom is -0.438 e. The highest BCUT2D eigenvalue weighted by atomic mass is 79.9. The van der Waals surface area contributed by atoms with E-state index >= 15 is 0 Å². The van der Waals surface area contributed by atoms with E-state index in [1.165, 1.54) is 6.07 Å². The molecule has 110 valence electrons. The Balaban J connectivity index is 2.36. The number of rotatable bonds is 4. The number of hydrogen-bond acceptors (Lipinski definition) is 4. The molecule has 0 radical (unpaired) electrons. The van der Waals surface area contributed by atoms with Crippen LogP contribution in [0.5, 0.6) is 11.6 Å². The number of hydrogen-bond donors (Lipinski definition) is 0. The molecule has 0 saturated carbocycles. The zero-order valence-electron chi connectivity index (χ0n) is 12.0. The van der Waals surface area contributed by atoms with Crippen molar-refractivity contribution >= 4 is 21.6 Å². The zero-order valence-corrected chi connectivity index (χ0v) is 13.6. The van der Waals surface area contributed by atoms with Crippen LogP contribution in [-0.2, 0) is 5.33 Å². The van der Waals surface area contributed by atoms with Gasteiger partial charge in [-0.3, -0.25) is 10.1 Å². The van der Waals surface area contributed by atoms with E-state index < -0.39 is 0 Å². The van der Waals surface area contributed by atoms with Gasteiger partial charge in [-0.25, -0.2) is 4.98 Å². The summed E-state index contributed by atoms with van der Waals surface area (Å²) < 4.78 is 5.81. The highest BCUT2D eigenvalue weighted by Gasteiger charge is 2.15. The molecule has 0 aliphatic carbocycles. The number of pyridine rings is 1. The molecule has 0 aliphatic rings. The van der Waals surface area contributed by atoms with Gasteiger partial charge in [0, 0.05) is 28.7 Å². The molecular weight excluding hydrogens is 336 g/mol. The summed E-state index contributed by atoms with van der Waals surface area (Å²) in [6.45, 7) is 5.39. The van der Waals surface area contributed by atoms with Gasteiger partial charge in [-0.15, -0.1) is 0 Å². The average Bonchev–Trinajstić information content (AvgIpc) is 2.44. The minimum atomic E-state index is -0.388. The molecule has 0 amide bonds. The third-order valence-electron chi connectivity index (χ3n) is 3.14. The average molecular weight is 351 g/mol. The van der Waals surface area contributed by atoms with Crippen LogP contribution in [0.3, 0.4) is 0 Å². The fourth-order valence-electron chi connectivity index (χ4n) is 1.99. The molecule has 0 fully saturated rings. The second-order valence-corrected chi connectivity index (χ2v) is 5.42. The molecule has 0 bridgehead atoms. The molecule has 1 aromatic carbocycles. The van der Waals surface area contributed by atoms with Gasteiger partial charge in [0.05, 0.1) is 4.92 Å². The summed E-state index contributed by atoms with van der Waals surface area (Å²) >= 11 is 3.38. The van der Waals surface area contributed by atoms with Crippen molar-refractivity contribution in [1.82, 2.24) is 4.98 Å². The smallest absolute Gasteiger partial charge is 0.272 e. The number of ether oxygens (including phenoxy) is 1. The number of aryl methyl sites for hydroxylation is 3. The largest absolute Gasteiger partial charge is 0.438 e. The Morgan fingerprint density at radius 2 is 1.90 bits per heavy atom. The molecule has 2 aromatic rings. The quantitative estimate of drug-likeness (QED) is 0.459. The number of benzene rings is 1. The molecule has 1 heterocycles. The van der Waals surface area contributed by atoms with Gasteiger partial charge in [-0.1, -0.05) is 15.9 Å². The van der Waals surface area contributed by atoms with Crippen molar-refractivity contribution in [2.24, 2.45) is 0 Å². The van der Waals surface area contributed by atoms with E-state index in [1.807, 2.05) is 13.0 Å².